The molecule has 160 valence electrons. The lowest BCUT2D eigenvalue weighted by molar-refractivity contribution is -0.155. The zero-order valence-corrected chi connectivity index (χ0v) is 18.8. The SMILES string of the molecule is CSc1nc(C)c(CCC(=O)O[C@@H](C)C(=O)N[C@@H]2CCCc3ccccc32)c(C)n1. The van der Waals surface area contributed by atoms with Crippen LogP contribution in [0.5, 0.6) is 0 Å². The largest absolute Gasteiger partial charge is 0.453 e. The lowest BCUT2D eigenvalue weighted by Gasteiger charge is -2.27. The first-order chi connectivity index (χ1) is 14.4. The molecule has 1 amide bonds. The van der Waals surface area contributed by atoms with Gasteiger partial charge in [-0.3, -0.25) is 9.59 Å². The van der Waals surface area contributed by atoms with Crippen LogP contribution in [0.2, 0.25) is 0 Å². The summed E-state index contributed by atoms with van der Waals surface area (Å²) in [7, 11) is 0. The molecule has 2 aromatic rings. The fraction of sp³-hybridized carbons (Fsp3) is 0.478. The number of thioether (sulfide) groups is 1. The highest BCUT2D eigenvalue weighted by Gasteiger charge is 2.25. The van der Waals surface area contributed by atoms with Crippen LogP contribution < -0.4 is 5.32 Å². The van der Waals surface area contributed by atoms with E-state index in [1.165, 1.54) is 17.3 Å². The summed E-state index contributed by atoms with van der Waals surface area (Å²) in [6.45, 7) is 5.47. The third kappa shape index (κ3) is 5.39. The van der Waals surface area contributed by atoms with Crippen LogP contribution >= 0.6 is 11.8 Å². The molecule has 1 heterocycles. The maximum absolute atomic E-state index is 12.6. The third-order valence-corrected chi connectivity index (χ3v) is 6.07. The Hall–Kier alpha value is -2.41. The van der Waals surface area contributed by atoms with Crippen molar-refractivity contribution < 1.29 is 14.3 Å². The van der Waals surface area contributed by atoms with Gasteiger partial charge in [0.1, 0.15) is 0 Å². The molecule has 1 N–H and O–H groups in total. The van der Waals surface area contributed by atoms with Crippen molar-refractivity contribution in [2.24, 2.45) is 0 Å². The van der Waals surface area contributed by atoms with Crippen molar-refractivity contribution in [3.63, 3.8) is 0 Å². The quantitative estimate of drug-likeness (QED) is 0.410. The van der Waals surface area contributed by atoms with Gasteiger partial charge in [0, 0.05) is 17.8 Å². The summed E-state index contributed by atoms with van der Waals surface area (Å²) in [4.78, 5) is 33.8. The molecule has 0 saturated heterocycles. The Morgan fingerprint density at radius 3 is 2.63 bits per heavy atom. The van der Waals surface area contributed by atoms with Crippen molar-refractivity contribution in [3.8, 4) is 0 Å². The number of esters is 1. The van der Waals surface area contributed by atoms with Crippen LogP contribution in [0, 0.1) is 13.8 Å². The van der Waals surface area contributed by atoms with Crippen molar-refractivity contribution in [2.45, 2.75) is 70.2 Å². The number of amides is 1. The zero-order chi connectivity index (χ0) is 21.7. The summed E-state index contributed by atoms with van der Waals surface area (Å²) in [5.41, 5.74) is 5.15. The molecule has 0 fully saturated rings. The third-order valence-electron chi connectivity index (χ3n) is 5.53. The van der Waals surface area contributed by atoms with Crippen LogP contribution in [0.25, 0.3) is 0 Å². The minimum atomic E-state index is -0.830. The second-order valence-corrected chi connectivity index (χ2v) is 8.42. The Bertz CT molecular complexity index is 909. The molecule has 0 aliphatic heterocycles. The van der Waals surface area contributed by atoms with E-state index in [2.05, 4.69) is 27.4 Å². The molecule has 2 atom stereocenters. The number of rotatable bonds is 7. The Balaban J connectivity index is 1.53. The Labute approximate surface area is 182 Å². The van der Waals surface area contributed by atoms with Crippen LogP contribution in [0.3, 0.4) is 0 Å². The van der Waals surface area contributed by atoms with Gasteiger partial charge in [-0.25, -0.2) is 9.97 Å². The fourth-order valence-electron chi connectivity index (χ4n) is 3.89. The van der Waals surface area contributed by atoms with E-state index in [1.54, 1.807) is 6.92 Å². The van der Waals surface area contributed by atoms with E-state index >= 15 is 0 Å². The summed E-state index contributed by atoms with van der Waals surface area (Å²) in [5.74, 6) is -0.653. The Morgan fingerprint density at radius 1 is 1.23 bits per heavy atom. The van der Waals surface area contributed by atoms with Crippen molar-refractivity contribution in [1.29, 1.82) is 0 Å². The number of fused-ring (bicyclic) bond motifs is 1. The van der Waals surface area contributed by atoms with Crippen LogP contribution in [0.15, 0.2) is 29.4 Å². The molecule has 0 saturated carbocycles. The molecule has 30 heavy (non-hydrogen) atoms. The highest BCUT2D eigenvalue weighted by Crippen LogP contribution is 2.29. The van der Waals surface area contributed by atoms with Crippen molar-refractivity contribution >= 4 is 23.6 Å². The van der Waals surface area contributed by atoms with E-state index in [0.717, 1.165) is 46.9 Å². The lowest BCUT2D eigenvalue weighted by atomic mass is 9.87. The Kier molecular flexibility index (Phi) is 7.48. The number of aromatic nitrogens is 2. The maximum atomic E-state index is 12.6. The summed E-state index contributed by atoms with van der Waals surface area (Å²) in [6, 6.07) is 8.16. The molecule has 6 nitrogen and oxygen atoms in total. The summed E-state index contributed by atoms with van der Waals surface area (Å²) in [5, 5.41) is 3.77. The summed E-state index contributed by atoms with van der Waals surface area (Å²) < 4.78 is 5.39. The highest BCUT2D eigenvalue weighted by molar-refractivity contribution is 7.98. The van der Waals surface area contributed by atoms with Crippen LogP contribution in [-0.2, 0) is 27.2 Å². The molecule has 0 radical (unpaired) electrons. The molecule has 1 aromatic carbocycles. The molecule has 1 aromatic heterocycles. The van der Waals surface area contributed by atoms with Crippen LogP contribution in [0.4, 0.5) is 0 Å². The smallest absolute Gasteiger partial charge is 0.306 e. The van der Waals surface area contributed by atoms with Crippen molar-refractivity contribution in [1.82, 2.24) is 15.3 Å². The number of nitrogens with zero attached hydrogens (tertiary/aromatic N) is 2. The molecule has 3 rings (SSSR count). The molecular weight excluding hydrogens is 398 g/mol. The average Bonchev–Trinajstić information content (AvgIpc) is 2.73. The minimum absolute atomic E-state index is 0.0269. The molecule has 1 aliphatic carbocycles. The topological polar surface area (TPSA) is 81.2 Å². The number of carbonyl (C=O) groups excluding carboxylic acids is 2. The number of benzene rings is 1. The lowest BCUT2D eigenvalue weighted by Crippen LogP contribution is -2.39. The van der Waals surface area contributed by atoms with Crippen molar-refractivity contribution in [3.05, 3.63) is 52.3 Å². The minimum Gasteiger partial charge on any atom is -0.453 e. The average molecular weight is 428 g/mol. The predicted octanol–water partition coefficient (Wildman–Crippen LogP) is 3.87. The summed E-state index contributed by atoms with van der Waals surface area (Å²) >= 11 is 1.49. The first-order valence-electron chi connectivity index (χ1n) is 10.3. The van der Waals surface area contributed by atoms with Gasteiger partial charge in [-0.2, -0.15) is 0 Å². The van der Waals surface area contributed by atoms with Gasteiger partial charge in [-0.05, 0) is 69.4 Å². The fourth-order valence-corrected chi connectivity index (χ4v) is 4.35. The molecular formula is C23H29N3O3S. The number of aryl methyl sites for hydroxylation is 3. The summed E-state index contributed by atoms with van der Waals surface area (Å²) in [6.07, 6.45) is 4.75. The molecule has 7 heteroatoms. The van der Waals surface area contributed by atoms with Gasteiger partial charge in [-0.15, -0.1) is 0 Å². The van der Waals surface area contributed by atoms with E-state index in [9.17, 15) is 9.59 Å². The molecule has 1 aliphatic rings. The van der Waals surface area contributed by atoms with Gasteiger partial charge in [0.25, 0.3) is 5.91 Å². The highest BCUT2D eigenvalue weighted by atomic mass is 32.2. The van der Waals surface area contributed by atoms with E-state index in [0.29, 0.717) is 6.42 Å². The van der Waals surface area contributed by atoms with E-state index in [4.69, 9.17) is 4.74 Å². The Morgan fingerprint density at radius 2 is 1.93 bits per heavy atom. The maximum Gasteiger partial charge on any atom is 0.306 e. The van der Waals surface area contributed by atoms with Crippen molar-refractivity contribution in [2.75, 3.05) is 6.26 Å². The number of hydrogen-bond acceptors (Lipinski definition) is 6. The first-order valence-corrected chi connectivity index (χ1v) is 11.6. The van der Waals surface area contributed by atoms with E-state index < -0.39 is 12.1 Å². The van der Waals surface area contributed by atoms with E-state index in [-0.39, 0.29) is 18.4 Å². The molecule has 0 bridgehead atoms. The van der Waals surface area contributed by atoms with E-state index in [1.807, 2.05) is 32.2 Å². The molecule has 0 spiro atoms. The number of hydrogen-bond donors (Lipinski definition) is 1. The van der Waals surface area contributed by atoms with Gasteiger partial charge in [0.05, 0.1) is 6.04 Å². The van der Waals surface area contributed by atoms with Gasteiger partial charge in [0.15, 0.2) is 11.3 Å². The monoisotopic (exact) mass is 427 g/mol. The number of nitrogens with one attached hydrogen (secondary N) is 1. The number of carbonyl (C=O) groups is 2. The standard InChI is InChI=1S/C23H29N3O3S/c1-14-18(15(2)25-23(24-14)30-4)12-13-21(27)29-16(3)22(28)26-20-11-7-9-17-8-5-6-10-19(17)20/h5-6,8,10,16,20H,7,9,11-13H2,1-4H3,(H,26,28)/t16-,20+/m0/s1. The second-order valence-electron chi connectivity index (χ2n) is 7.64. The number of ether oxygens (including phenoxy) is 1. The zero-order valence-electron chi connectivity index (χ0n) is 18.0. The first kappa shape index (κ1) is 22.3. The van der Waals surface area contributed by atoms with Gasteiger partial charge < -0.3 is 10.1 Å². The van der Waals surface area contributed by atoms with Crippen LogP contribution in [0.1, 0.15) is 60.3 Å². The van der Waals surface area contributed by atoms with Gasteiger partial charge in [-0.1, -0.05) is 36.0 Å². The molecule has 0 unspecified atom stereocenters. The van der Waals surface area contributed by atoms with Gasteiger partial charge >= 0.3 is 5.97 Å². The normalized spacial score (nSPS) is 16.5. The predicted molar refractivity (Wildman–Crippen MR) is 117 cm³/mol. The van der Waals surface area contributed by atoms with Gasteiger partial charge in [0.2, 0.25) is 0 Å². The van der Waals surface area contributed by atoms with Crippen LogP contribution in [-0.4, -0.2) is 34.2 Å². The second kappa shape index (κ2) is 10.1.